The summed E-state index contributed by atoms with van der Waals surface area (Å²) in [7, 11) is -3.71. The van der Waals surface area contributed by atoms with E-state index >= 15 is 0 Å². The SMILES string of the molecule is CCCC(O)CNS(=O)(=O)c1c(Br)cc(N)cc1Br. The van der Waals surface area contributed by atoms with Crippen LogP contribution in [0.1, 0.15) is 19.8 Å². The Bertz CT molecular complexity index is 526. The van der Waals surface area contributed by atoms with Gasteiger partial charge in [0, 0.05) is 21.2 Å². The minimum Gasteiger partial charge on any atom is -0.399 e. The molecule has 19 heavy (non-hydrogen) atoms. The van der Waals surface area contributed by atoms with Crippen LogP contribution in [-0.4, -0.2) is 26.2 Å². The fourth-order valence-electron chi connectivity index (χ4n) is 1.55. The Morgan fingerprint density at radius 3 is 2.37 bits per heavy atom. The van der Waals surface area contributed by atoms with Gasteiger partial charge in [-0.3, -0.25) is 0 Å². The molecule has 0 aliphatic heterocycles. The molecule has 0 aliphatic carbocycles. The molecule has 0 aliphatic rings. The molecule has 0 saturated heterocycles. The zero-order chi connectivity index (χ0) is 14.6. The Morgan fingerprint density at radius 1 is 1.37 bits per heavy atom. The third-order valence-electron chi connectivity index (χ3n) is 2.42. The maximum absolute atomic E-state index is 12.2. The van der Waals surface area contributed by atoms with Crippen LogP contribution in [0, 0.1) is 0 Å². The van der Waals surface area contributed by atoms with Gasteiger partial charge < -0.3 is 10.8 Å². The highest BCUT2D eigenvalue weighted by Crippen LogP contribution is 2.32. The van der Waals surface area contributed by atoms with Crippen LogP contribution in [0.5, 0.6) is 0 Å². The standard InChI is InChI=1S/C11H16Br2N2O3S/c1-2-3-8(16)6-15-19(17,18)11-9(12)4-7(14)5-10(11)13/h4-5,8,15-16H,2-3,6,14H2,1H3. The van der Waals surface area contributed by atoms with Crippen LogP contribution in [0.2, 0.25) is 0 Å². The molecule has 0 heterocycles. The summed E-state index contributed by atoms with van der Waals surface area (Å²) in [4.78, 5) is 0.0744. The smallest absolute Gasteiger partial charge is 0.242 e. The van der Waals surface area contributed by atoms with E-state index in [1.807, 2.05) is 6.92 Å². The van der Waals surface area contributed by atoms with Crippen molar-refractivity contribution in [3.8, 4) is 0 Å². The van der Waals surface area contributed by atoms with Gasteiger partial charge in [0.05, 0.1) is 6.10 Å². The summed E-state index contributed by atoms with van der Waals surface area (Å²) < 4.78 is 27.5. The molecule has 1 rings (SSSR count). The molecule has 0 bridgehead atoms. The maximum atomic E-state index is 12.2. The van der Waals surface area contributed by atoms with Gasteiger partial charge in [0.1, 0.15) is 4.90 Å². The third-order valence-corrected chi connectivity index (χ3v) is 5.72. The normalized spacial score (nSPS) is 13.5. The summed E-state index contributed by atoms with van der Waals surface area (Å²) >= 11 is 6.36. The van der Waals surface area contributed by atoms with Crippen molar-refractivity contribution in [2.75, 3.05) is 12.3 Å². The summed E-state index contributed by atoms with van der Waals surface area (Å²) in [5, 5.41) is 9.57. The number of anilines is 1. The van der Waals surface area contributed by atoms with Gasteiger partial charge in [-0.2, -0.15) is 0 Å². The minimum atomic E-state index is -3.71. The number of rotatable bonds is 6. The Hall–Kier alpha value is -0.150. The highest BCUT2D eigenvalue weighted by molar-refractivity contribution is 9.11. The van der Waals surface area contributed by atoms with Crippen molar-refractivity contribution < 1.29 is 13.5 Å². The summed E-state index contributed by atoms with van der Waals surface area (Å²) in [6, 6.07) is 3.03. The molecule has 0 amide bonds. The van der Waals surface area contributed by atoms with Crippen LogP contribution in [0.15, 0.2) is 26.0 Å². The van der Waals surface area contributed by atoms with E-state index < -0.39 is 16.1 Å². The van der Waals surface area contributed by atoms with Gasteiger partial charge in [-0.1, -0.05) is 13.3 Å². The fourth-order valence-corrected chi connectivity index (χ4v) is 5.24. The van der Waals surface area contributed by atoms with E-state index in [-0.39, 0.29) is 11.4 Å². The van der Waals surface area contributed by atoms with Crippen LogP contribution >= 0.6 is 31.9 Å². The van der Waals surface area contributed by atoms with E-state index in [0.717, 1.165) is 6.42 Å². The monoisotopic (exact) mass is 414 g/mol. The van der Waals surface area contributed by atoms with Crippen molar-refractivity contribution in [2.24, 2.45) is 0 Å². The average molecular weight is 416 g/mol. The molecule has 1 aromatic carbocycles. The first-order chi connectivity index (χ1) is 8.77. The van der Waals surface area contributed by atoms with Crippen LogP contribution in [-0.2, 0) is 10.0 Å². The number of aliphatic hydroxyl groups excluding tert-OH is 1. The highest BCUT2D eigenvalue weighted by Gasteiger charge is 2.22. The van der Waals surface area contributed by atoms with Crippen molar-refractivity contribution in [3.63, 3.8) is 0 Å². The van der Waals surface area contributed by atoms with E-state index in [4.69, 9.17) is 5.73 Å². The van der Waals surface area contributed by atoms with Crippen LogP contribution < -0.4 is 10.5 Å². The molecule has 0 aromatic heterocycles. The molecule has 4 N–H and O–H groups in total. The van der Waals surface area contributed by atoms with E-state index in [1.165, 1.54) is 12.1 Å². The number of nitrogen functional groups attached to an aromatic ring is 1. The van der Waals surface area contributed by atoms with E-state index in [2.05, 4.69) is 36.6 Å². The van der Waals surface area contributed by atoms with Gasteiger partial charge in [-0.05, 0) is 50.4 Å². The molecule has 1 atom stereocenters. The lowest BCUT2D eigenvalue weighted by molar-refractivity contribution is 0.167. The second kappa shape index (κ2) is 7.03. The number of benzene rings is 1. The third kappa shape index (κ3) is 4.71. The predicted octanol–water partition coefficient (Wildman–Crippen LogP) is 2.23. The molecule has 0 radical (unpaired) electrons. The molecule has 0 spiro atoms. The zero-order valence-corrected chi connectivity index (χ0v) is 14.3. The van der Waals surface area contributed by atoms with Crippen molar-refractivity contribution in [1.82, 2.24) is 4.72 Å². The summed E-state index contributed by atoms with van der Waals surface area (Å²) in [5.41, 5.74) is 6.07. The quantitative estimate of drug-likeness (QED) is 0.621. The van der Waals surface area contributed by atoms with Gasteiger partial charge in [0.2, 0.25) is 10.0 Å². The van der Waals surface area contributed by atoms with Crippen molar-refractivity contribution >= 4 is 47.6 Å². The number of halogens is 2. The van der Waals surface area contributed by atoms with E-state index in [0.29, 0.717) is 21.1 Å². The van der Waals surface area contributed by atoms with Crippen LogP contribution in [0.25, 0.3) is 0 Å². The van der Waals surface area contributed by atoms with Gasteiger partial charge in [0.25, 0.3) is 0 Å². The molecule has 0 saturated carbocycles. The molecule has 1 aromatic rings. The van der Waals surface area contributed by atoms with Gasteiger partial charge in [-0.25, -0.2) is 13.1 Å². The number of sulfonamides is 1. The van der Waals surface area contributed by atoms with Gasteiger partial charge in [-0.15, -0.1) is 0 Å². The predicted molar refractivity (Wildman–Crippen MR) is 82.4 cm³/mol. The topological polar surface area (TPSA) is 92.4 Å². The molecule has 5 nitrogen and oxygen atoms in total. The second-order valence-corrected chi connectivity index (χ2v) is 7.52. The summed E-state index contributed by atoms with van der Waals surface area (Å²) in [5.74, 6) is 0. The summed E-state index contributed by atoms with van der Waals surface area (Å²) in [6.07, 6.45) is 0.649. The minimum absolute atomic E-state index is 0.0145. The first-order valence-corrected chi connectivity index (χ1v) is 8.77. The lowest BCUT2D eigenvalue weighted by Crippen LogP contribution is -2.32. The lowest BCUT2D eigenvalue weighted by Gasteiger charge is -2.13. The highest BCUT2D eigenvalue weighted by atomic mass is 79.9. The number of nitrogens with two attached hydrogens (primary N) is 1. The first-order valence-electron chi connectivity index (χ1n) is 5.70. The number of aliphatic hydroxyl groups is 1. The molecule has 0 fully saturated rings. The molecule has 1 unspecified atom stereocenters. The largest absolute Gasteiger partial charge is 0.399 e. The molecule has 108 valence electrons. The maximum Gasteiger partial charge on any atom is 0.242 e. The first kappa shape index (κ1) is 16.9. The van der Waals surface area contributed by atoms with Gasteiger partial charge in [0.15, 0.2) is 0 Å². The molecule has 8 heteroatoms. The molecular formula is C11H16Br2N2O3S. The van der Waals surface area contributed by atoms with Crippen LogP contribution in [0.4, 0.5) is 5.69 Å². The Labute approximate surface area is 129 Å². The second-order valence-electron chi connectivity index (χ2n) is 4.11. The van der Waals surface area contributed by atoms with Crippen LogP contribution in [0.3, 0.4) is 0 Å². The van der Waals surface area contributed by atoms with Crippen molar-refractivity contribution in [2.45, 2.75) is 30.8 Å². The van der Waals surface area contributed by atoms with E-state index in [1.54, 1.807) is 0 Å². The van der Waals surface area contributed by atoms with Crippen molar-refractivity contribution in [1.29, 1.82) is 0 Å². The number of hydrogen-bond donors (Lipinski definition) is 3. The molecular weight excluding hydrogens is 400 g/mol. The Balaban J connectivity index is 2.95. The van der Waals surface area contributed by atoms with Gasteiger partial charge >= 0.3 is 0 Å². The van der Waals surface area contributed by atoms with Crippen molar-refractivity contribution in [3.05, 3.63) is 21.1 Å². The average Bonchev–Trinajstić information content (AvgIpc) is 2.25. The fraction of sp³-hybridized carbons (Fsp3) is 0.455. The Kier molecular flexibility index (Phi) is 6.25. The zero-order valence-electron chi connectivity index (χ0n) is 10.4. The Morgan fingerprint density at radius 2 is 1.89 bits per heavy atom. The number of hydrogen-bond acceptors (Lipinski definition) is 4. The van der Waals surface area contributed by atoms with E-state index in [9.17, 15) is 13.5 Å². The summed E-state index contributed by atoms with van der Waals surface area (Å²) in [6.45, 7) is 1.91. The lowest BCUT2D eigenvalue weighted by atomic mass is 10.2. The number of nitrogens with one attached hydrogen (secondary N) is 1.